The van der Waals surface area contributed by atoms with Crippen molar-refractivity contribution in [3.05, 3.63) is 0 Å². The van der Waals surface area contributed by atoms with Crippen molar-refractivity contribution in [2.75, 3.05) is 12.3 Å². The fourth-order valence-corrected chi connectivity index (χ4v) is 0.612. The van der Waals surface area contributed by atoms with Gasteiger partial charge in [0, 0.05) is 17.5 Å². The van der Waals surface area contributed by atoms with E-state index in [-0.39, 0.29) is 0 Å². The first-order chi connectivity index (χ1) is 2.43. The first-order valence-corrected chi connectivity index (χ1v) is 2.80. The zero-order chi connectivity index (χ0) is 3.70. The highest BCUT2D eigenvalue weighted by Gasteiger charge is 2.18. The zero-order valence-electron chi connectivity index (χ0n) is 2.98. The van der Waals surface area contributed by atoms with E-state index in [1.54, 1.807) is 0 Å². The van der Waals surface area contributed by atoms with Crippen LogP contribution in [0.3, 0.4) is 0 Å². The third kappa shape index (κ3) is 0.816. The highest BCUT2D eigenvalue weighted by Crippen LogP contribution is 2.27. The van der Waals surface area contributed by atoms with E-state index in [4.69, 9.17) is 5.73 Å². The Morgan fingerprint density at radius 2 is 2.60 bits per heavy atom. The maximum absolute atomic E-state index is 5.21. The third-order valence-corrected chi connectivity index (χ3v) is 1.66. The van der Waals surface area contributed by atoms with Crippen molar-refractivity contribution in [2.24, 2.45) is 5.73 Å². The summed E-state index contributed by atoms with van der Waals surface area (Å²) in [7, 11) is 0. The van der Waals surface area contributed by atoms with E-state index in [1.165, 1.54) is 5.75 Å². The van der Waals surface area contributed by atoms with Crippen LogP contribution in [0.15, 0.2) is 0 Å². The molecule has 0 aromatic rings. The highest BCUT2D eigenvalue weighted by molar-refractivity contribution is 8.06. The molecular weight excluding hydrogens is 82.1 g/mol. The van der Waals surface area contributed by atoms with Gasteiger partial charge in [-0.15, -0.1) is 0 Å². The van der Waals surface area contributed by atoms with Gasteiger partial charge in [-0.2, -0.15) is 11.8 Å². The average molecular weight is 89.2 g/mol. The van der Waals surface area contributed by atoms with Gasteiger partial charge in [0.05, 0.1) is 0 Å². The standard InChI is InChI=1S/C3H7NS/c4-1-3-2-5-3/h3H,1-2,4H2/t3-/m0/s1. The van der Waals surface area contributed by atoms with E-state index in [9.17, 15) is 0 Å². The van der Waals surface area contributed by atoms with Crippen molar-refractivity contribution in [1.82, 2.24) is 0 Å². The lowest BCUT2D eigenvalue weighted by Gasteiger charge is -1.72. The van der Waals surface area contributed by atoms with E-state index >= 15 is 0 Å². The molecule has 2 N–H and O–H groups in total. The molecule has 0 bridgehead atoms. The Hall–Kier alpha value is 0.310. The first kappa shape index (κ1) is 3.50. The summed E-state index contributed by atoms with van der Waals surface area (Å²) in [5, 5.41) is 0.829. The number of rotatable bonds is 1. The van der Waals surface area contributed by atoms with Gasteiger partial charge in [0.25, 0.3) is 0 Å². The van der Waals surface area contributed by atoms with Crippen LogP contribution in [0.2, 0.25) is 0 Å². The maximum Gasteiger partial charge on any atom is 0.0261 e. The molecule has 1 rings (SSSR count). The first-order valence-electron chi connectivity index (χ1n) is 1.75. The Kier molecular flexibility index (Phi) is 0.830. The quantitative estimate of drug-likeness (QED) is 0.460. The molecule has 1 saturated heterocycles. The van der Waals surface area contributed by atoms with Gasteiger partial charge < -0.3 is 5.73 Å². The van der Waals surface area contributed by atoms with Gasteiger partial charge in [0.1, 0.15) is 0 Å². The molecule has 5 heavy (non-hydrogen) atoms. The number of hydrogen-bond donors (Lipinski definition) is 1. The molecule has 1 atom stereocenters. The normalized spacial score (nSPS) is 34.2. The topological polar surface area (TPSA) is 26.0 Å². The molecule has 1 fully saturated rings. The Morgan fingerprint density at radius 1 is 2.00 bits per heavy atom. The van der Waals surface area contributed by atoms with Gasteiger partial charge in [0.2, 0.25) is 0 Å². The van der Waals surface area contributed by atoms with E-state index in [0.717, 1.165) is 11.8 Å². The number of thioether (sulfide) groups is 1. The fourth-order valence-electron chi connectivity index (χ4n) is 0.204. The minimum atomic E-state index is 0.829. The molecule has 1 heterocycles. The van der Waals surface area contributed by atoms with Crippen LogP contribution < -0.4 is 5.73 Å². The smallest absolute Gasteiger partial charge is 0.0261 e. The van der Waals surface area contributed by atoms with Crippen molar-refractivity contribution in [3.8, 4) is 0 Å². The summed E-state index contributed by atoms with van der Waals surface area (Å²) >= 11 is 1.94. The molecule has 0 aromatic heterocycles. The van der Waals surface area contributed by atoms with Crippen LogP contribution in [-0.4, -0.2) is 17.5 Å². The molecule has 1 aliphatic heterocycles. The van der Waals surface area contributed by atoms with E-state index in [2.05, 4.69) is 0 Å². The summed E-state index contributed by atoms with van der Waals surface area (Å²) in [5.74, 6) is 1.30. The molecule has 0 saturated carbocycles. The zero-order valence-corrected chi connectivity index (χ0v) is 3.79. The molecule has 0 amide bonds. The molecule has 0 unspecified atom stereocenters. The molecule has 0 aromatic carbocycles. The minimum absolute atomic E-state index is 0.829. The van der Waals surface area contributed by atoms with Crippen LogP contribution in [0, 0.1) is 0 Å². The molecular formula is C3H7NS. The molecule has 1 nitrogen and oxygen atoms in total. The Balaban J connectivity index is 2.00. The summed E-state index contributed by atoms with van der Waals surface area (Å²) in [6.07, 6.45) is 0. The largest absolute Gasteiger partial charge is 0.329 e. The van der Waals surface area contributed by atoms with Crippen molar-refractivity contribution in [1.29, 1.82) is 0 Å². The summed E-state index contributed by atoms with van der Waals surface area (Å²) in [6, 6.07) is 0. The molecule has 2 heteroatoms. The van der Waals surface area contributed by atoms with Gasteiger partial charge in [0.15, 0.2) is 0 Å². The van der Waals surface area contributed by atoms with Crippen LogP contribution in [0.25, 0.3) is 0 Å². The summed E-state index contributed by atoms with van der Waals surface area (Å²) in [4.78, 5) is 0. The molecule has 0 aliphatic carbocycles. The van der Waals surface area contributed by atoms with Crippen LogP contribution in [-0.2, 0) is 0 Å². The van der Waals surface area contributed by atoms with Gasteiger partial charge in [-0.1, -0.05) is 0 Å². The molecule has 0 spiro atoms. The van der Waals surface area contributed by atoms with E-state index in [0.29, 0.717) is 0 Å². The lowest BCUT2D eigenvalue weighted by molar-refractivity contribution is 1.03. The number of nitrogens with two attached hydrogens (primary N) is 1. The second kappa shape index (κ2) is 1.19. The minimum Gasteiger partial charge on any atom is -0.329 e. The fraction of sp³-hybridized carbons (Fsp3) is 1.00. The average Bonchev–Trinajstić information content (AvgIpc) is 2.12. The lowest BCUT2D eigenvalue weighted by Crippen LogP contribution is -2.03. The highest BCUT2D eigenvalue weighted by atomic mass is 32.2. The van der Waals surface area contributed by atoms with Crippen molar-refractivity contribution >= 4 is 11.8 Å². The summed E-state index contributed by atoms with van der Waals surface area (Å²) in [5.41, 5.74) is 5.21. The Bertz CT molecular complexity index is 33.9. The lowest BCUT2D eigenvalue weighted by atomic mass is 10.5. The van der Waals surface area contributed by atoms with Gasteiger partial charge in [-0.25, -0.2) is 0 Å². The van der Waals surface area contributed by atoms with E-state index in [1.807, 2.05) is 11.8 Å². The van der Waals surface area contributed by atoms with Crippen molar-refractivity contribution in [2.45, 2.75) is 5.25 Å². The molecule has 1 aliphatic rings. The third-order valence-electron chi connectivity index (χ3n) is 0.665. The van der Waals surface area contributed by atoms with Gasteiger partial charge in [-0.3, -0.25) is 0 Å². The van der Waals surface area contributed by atoms with Gasteiger partial charge >= 0.3 is 0 Å². The van der Waals surface area contributed by atoms with Crippen LogP contribution >= 0.6 is 11.8 Å². The van der Waals surface area contributed by atoms with Crippen LogP contribution in [0.5, 0.6) is 0 Å². The van der Waals surface area contributed by atoms with Crippen molar-refractivity contribution in [3.63, 3.8) is 0 Å². The monoisotopic (exact) mass is 89.0 g/mol. The van der Waals surface area contributed by atoms with Gasteiger partial charge in [-0.05, 0) is 0 Å². The maximum atomic E-state index is 5.21. The second-order valence-corrected chi connectivity index (χ2v) is 2.52. The van der Waals surface area contributed by atoms with E-state index < -0.39 is 0 Å². The van der Waals surface area contributed by atoms with Crippen LogP contribution in [0.4, 0.5) is 0 Å². The van der Waals surface area contributed by atoms with Crippen LogP contribution in [0.1, 0.15) is 0 Å². The Morgan fingerprint density at radius 3 is 2.60 bits per heavy atom. The van der Waals surface area contributed by atoms with Crippen molar-refractivity contribution < 1.29 is 0 Å². The summed E-state index contributed by atoms with van der Waals surface area (Å²) < 4.78 is 0. The molecule has 30 valence electrons. The predicted octanol–water partition coefficient (Wildman–Crippen LogP) is 0.0605. The Labute approximate surface area is 35.9 Å². The number of hydrogen-bond acceptors (Lipinski definition) is 2. The SMILES string of the molecule is NC[C@H]1CS1. The summed E-state index contributed by atoms with van der Waals surface area (Å²) in [6.45, 7) is 0.880. The second-order valence-electron chi connectivity index (χ2n) is 1.19. The predicted molar refractivity (Wildman–Crippen MR) is 25.3 cm³/mol. The molecule has 0 radical (unpaired) electrons.